The molecule has 0 saturated carbocycles. The maximum Gasteiger partial charge on any atom is 0.225 e. The Morgan fingerprint density at radius 3 is 2.00 bits per heavy atom. The fraction of sp³-hybridized carbons (Fsp3) is 0.944. The molecule has 4 nitrogen and oxygen atoms in total. The SMILES string of the molecule is CCC(C)(CC(C)(CC)C(=O)NC)OCCOCC(C)(C)C. The number of carbonyl (C=O) groups excluding carboxylic acids is 1. The number of amides is 1. The Kier molecular flexibility index (Phi) is 8.63. The van der Waals surface area contributed by atoms with Crippen molar-refractivity contribution < 1.29 is 14.3 Å². The second-order valence-corrected chi connectivity index (χ2v) is 7.94. The highest BCUT2D eigenvalue weighted by atomic mass is 16.5. The molecule has 0 aromatic rings. The van der Waals surface area contributed by atoms with Gasteiger partial charge in [0.1, 0.15) is 0 Å². The molecule has 0 aromatic carbocycles. The normalized spacial score (nSPS) is 17.6. The van der Waals surface area contributed by atoms with Gasteiger partial charge in [0.25, 0.3) is 0 Å². The molecule has 0 aliphatic heterocycles. The number of hydrogen-bond acceptors (Lipinski definition) is 3. The number of rotatable bonds is 10. The van der Waals surface area contributed by atoms with E-state index in [1.807, 2.05) is 6.92 Å². The summed E-state index contributed by atoms with van der Waals surface area (Å²) in [6, 6.07) is 0. The molecule has 0 heterocycles. The minimum atomic E-state index is -0.397. The Bertz CT molecular complexity index is 338. The second-order valence-electron chi connectivity index (χ2n) is 7.94. The third-order valence-corrected chi connectivity index (χ3v) is 4.28. The summed E-state index contributed by atoms with van der Waals surface area (Å²) in [5.74, 6) is 0.0854. The molecule has 1 amide bonds. The van der Waals surface area contributed by atoms with Crippen molar-refractivity contribution in [1.82, 2.24) is 5.32 Å². The average molecular weight is 315 g/mol. The predicted molar refractivity (Wildman–Crippen MR) is 92.0 cm³/mol. The first-order chi connectivity index (χ1) is 10.0. The molecule has 2 unspecified atom stereocenters. The molecule has 0 fully saturated rings. The van der Waals surface area contributed by atoms with Crippen LogP contribution in [0.2, 0.25) is 0 Å². The zero-order valence-electron chi connectivity index (χ0n) is 16.0. The third kappa shape index (κ3) is 7.59. The molecule has 0 spiro atoms. The van der Waals surface area contributed by atoms with Crippen LogP contribution in [0.4, 0.5) is 0 Å². The molecule has 22 heavy (non-hydrogen) atoms. The van der Waals surface area contributed by atoms with Crippen LogP contribution in [-0.4, -0.2) is 38.4 Å². The Labute approximate surface area is 137 Å². The topological polar surface area (TPSA) is 47.6 Å². The van der Waals surface area contributed by atoms with Crippen LogP contribution in [-0.2, 0) is 14.3 Å². The molecular weight excluding hydrogens is 278 g/mol. The van der Waals surface area contributed by atoms with E-state index in [0.29, 0.717) is 19.6 Å². The van der Waals surface area contributed by atoms with Crippen molar-refractivity contribution in [2.45, 2.75) is 73.3 Å². The minimum absolute atomic E-state index is 0.0854. The van der Waals surface area contributed by atoms with Crippen molar-refractivity contribution in [2.24, 2.45) is 10.8 Å². The van der Waals surface area contributed by atoms with Crippen LogP contribution in [0.3, 0.4) is 0 Å². The number of ether oxygens (including phenoxy) is 2. The van der Waals surface area contributed by atoms with Gasteiger partial charge in [-0.3, -0.25) is 4.79 Å². The van der Waals surface area contributed by atoms with Crippen molar-refractivity contribution in [1.29, 1.82) is 0 Å². The summed E-state index contributed by atoms with van der Waals surface area (Å²) in [4.78, 5) is 12.2. The van der Waals surface area contributed by atoms with Crippen LogP contribution in [0.5, 0.6) is 0 Å². The average Bonchev–Trinajstić information content (AvgIpc) is 2.44. The van der Waals surface area contributed by atoms with Crippen LogP contribution >= 0.6 is 0 Å². The van der Waals surface area contributed by atoms with E-state index >= 15 is 0 Å². The van der Waals surface area contributed by atoms with Crippen molar-refractivity contribution in [3.63, 3.8) is 0 Å². The van der Waals surface area contributed by atoms with Gasteiger partial charge in [-0.25, -0.2) is 0 Å². The summed E-state index contributed by atoms with van der Waals surface area (Å²) in [6.45, 7) is 16.6. The number of hydrogen-bond donors (Lipinski definition) is 1. The van der Waals surface area contributed by atoms with Gasteiger partial charge in [0, 0.05) is 12.5 Å². The Hall–Kier alpha value is -0.610. The van der Waals surface area contributed by atoms with Gasteiger partial charge in [0.15, 0.2) is 0 Å². The monoisotopic (exact) mass is 315 g/mol. The Morgan fingerprint density at radius 2 is 1.59 bits per heavy atom. The van der Waals surface area contributed by atoms with E-state index in [9.17, 15) is 4.79 Å². The van der Waals surface area contributed by atoms with Gasteiger partial charge in [-0.1, -0.05) is 41.5 Å². The maximum absolute atomic E-state index is 12.2. The molecule has 4 heteroatoms. The lowest BCUT2D eigenvalue weighted by Crippen LogP contribution is -2.44. The van der Waals surface area contributed by atoms with E-state index in [2.05, 4.69) is 46.9 Å². The molecule has 0 aliphatic carbocycles. The molecule has 132 valence electrons. The van der Waals surface area contributed by atoms with Crippen molar-refractivity contribution in [3.8, 4) is 0 Å². The smallest absolute Gasteiger partial charge is 0.225 e. The summed E-state index contributed by atoms with van der Waals surface area (Å²) in [7, 11) is 1.70. The van der Waals surface area contributed by atoms with Gasteiger partial charge in [0.05, 0.1) is 25.4 Å². The van der Waals surface area contributed by atoms with Gasteiger partial charge in [-0.2, -0.15) is 0 Å². The van der Waals surface area contributed by atoms with Crippen molar-refractivity contribution in [3.05, 3.63) is 0 Å². The predicted octanol–water partition coefficient (Wildman–Crippen LogP) is 3.79. The molecule has 0 saturated heterocycles. The number of nitrogens with one attached hydrogen (secondary N) is 1. The van der Waals surface area contributed by atoms with Crippen LogP contribution in [0.15, 0.2) is 0 Å². The molecule has 0 aliphatic rings. The van der Waals surface area contributed by atoms with Crippen LogP contribution in [0, 0.1) is 10.8 Å². The molecule has 1 N–H and O–H groups in total. The third-order valence-electron chi connectivity index (χ3n) is 4.28. The van der Waals surface area contributed by atoms with Crippen LogP contribution in [0.25, 0.3) is 0 Å². The lowest BCUT2D eigenvalue weighted by atomic mass is 9.75. The fourth-order valence-electron chi connectivity index (χ4n) is 2.50. The van der Waals surface area contributed by atoms with Gasteiger partial charge >= 0.3 is 0 Å². The van der Waals surface area contributed by atoms with E-state index in [4.69, 9.17) is 9.47 Å². The quantitative estimate of drug-likeness (QED) is 0.624. The summed E-state index contributed by atoms with van der Waals surface area (Å²) in [5, 5.41) is 2.78. The zero-order chi connectivity index (χ0) is 17.4. The highest BCUT2D eigenvalue weighted by Gasteiger charge is 2.38. The Morgan fingerprint density at radius 1 is 1.00 bits per heavy atom. The molecule has 0 aromatic heterocycles. The van der Waals surface area contributed by atoms with E-state index in [-0.39, 0.29) is 16.9 Å². The van der Waals surface area contributed by atoms with E-state index in [1.54, 1.807) is 7.05 Å². The van der Waals surface area contributed by atoms with Gasteiger partial charge in [-0.15, -0.1) is 0 Å². The zero-order valence-corrected chi connectivity index (χ0v) is 16.0. The minimum Gasteiger partial charge on any atom is -0.379 e. The van der Waals surface area contributed by atoms with E-state index in [0.717, 1.165) is 19.4 Å². The fourth-order valence-corrected chi connectivity index (χ4v) is 2.50. The molecule has 0 rings (SSSR count). The van der Waals surface area contributed by atoms with Crippen LogP contribution in [0.1, 0.15) is 67.7 Å². The van der Waals surface area contributed by atoms with Crippen molar-refractivity contribution in [2.75, 3.05) is 26.9 Å². The summed E-state index contributed by atoms with van der Waals surface area (Å²) in [6.07, 6.45) is 2.39. The largest absolute Gasteiger partial charge is 0.379 e. The highest BCUT2D eigenvalue weighted by Crippen LogP contribution is 2.35. The first kappa shape index (κ1) is 21.4. The number of carbonyl (C=O) groups is 1. The lowest BCUT2D eigenvalue weighted by molar-refractivity contribution is -0.137. The van der Waals surface area contributed by atoms with Gasteiger partial charge in [0.2, 0.25) is 5.91 Å². The molecule has 0 radical (unpaired) electrons. The van der Waals surface area contributed by atoms with E-state index in [1.165, 1.54) is 0 Å². The second kappa shape index (κ2) is 8.88. The summed E-state index contributed by atoms with van der Waals surface area (Å²) < 4.78 is 11.7. The first-order valence-electron chi connectivity index (χ1n) is 8.46. The van der Waals surface area contributed by atoms with Crippen LogP contribution < -0.4 is 5.32 Å². The molecular formula is C18H37NO3. The van der Waals surface area contributed by atoms with Gasteiger partial charge < -0.3 is 14.8 Å². The van der Waals surface area contributed by atoms with Crippen molar-refractivity contribution >= 4 is 5.91 Å². The highest BCUT2D eigenvalue weighted by molar-refractivity contribution is 5.81. The summed E-state index contributed by atoms with van der Waals surface area (Å²) in [5.41, 5.74) is -0.526. The molecule has 0 bridgehead atoms. The lowest BCUT2D eigenvalue weighted by Gasteiger charge is -2.37. The Balaban J connectivity index is 4.48. The summed E-state index contributed by atoms with van der Waals surface area (Å²) >= 11 is 0. The first-order valence-corrected chi connectivity index (χ1v) is 8.46. The standard InChI is InChI=1S/C18H37NO3/c1-9-17(6,15(20)19-8)13-18(7,10-2)22-12-11-21-14-16(3,4)5/h9-14H2,1-8H3,(H,19,20). The van der Waals surface area contributed by atoms with E-state index < -0.39 is 5.41 Å². The molecule has 2 atom stereocenters. The van der Waals surface area contributed by atoms with Gasteiger partial charge in [-0.05, 0) is 31.6 Å². The maximum atomic E-state index is 12.2.